The molecule has 0 aliphatic rings. The molecule has 0 aliphatic heterocycles. The molecule has 1 aromatic heterocycles. The van der Waals surface area contributed by atoms with E-state index in [1.807, 2.05) is 13.2 Å². The maximum absolute atomic E-state index is 4.53. The van der Waals surface area contributed by atoms with E-state index in [2.05, 4.69) is 56.6 Å². The molecule has 0 amide bonds. The molecule has 0 fully saturated rings. The third kappa shape index (κ3) is 2.46. The molecular formula is C13H25N3. The first kappa shape index (κ1) is 13.2. The van der Waals surface area contributed by atoms with Gasteiger partial charge in [-0.25, -0.2) is 0 Å². The van der Waals surface area contributed by atoms with Gasteiger partial charge < -0.3 is 5.32 Å². The molecule has 0 saturated carbocycles. The molecule has 0 radical (unpaired) electrons. The van der Waals surface area contributed by atoms with Gasteiger partial charge in [0.15, 0.2) is 0 Å². The Morgan fingerprint density at radius 2 is 1.81 bits per heavy atom. The standard InChI is InChI=1S/C13H25N3/c1-9(2)16-12(13(4,5)6)11(8-15-16)10(3)14-7/h8-10,14H,1-7H3. The minimum Gasteiger partial charge on any atom is -0.313 e. The predicted molar refractivity (Wildman–Crippen MR) is 68.8 cm³/mol. The summed E-state index contributed by atoms with van der Waals surface area (Å²) in [4.78, 5) is 0. The van der Waals surface area contributed by atoms with E-state index < -0.39 is 0 Å². The summed E-state index contributed by atoms with van der Waals surface area (Å²) in [5.74, 6) is 0. The monoisotopic (exact) mass is 223 g/mol. The summed E-state index contributed by atoms with van der Waals surface area (Å²) in [7, 11) is 1.99. The van der Waals surface area contributed by atoms with Crippen LogP contribution in [0.1, 0.15) is 64.9 Å². The largest absolute Gasteiger partial charge is 0.313 e. The Morgan fingerprint density at radius 3 is 2.19 bits per heavy atom. The number of hydrogen-bond acceptors (Lipinski definition) is 2. The van der Waals surface area contributed by atoms with Crippen LogP contribution in [-0.2, 0) is 5.41 Å². The van der Waals surface area contributed by atoms with E-state index in [0.29, 0.717) is 12.1 Å². The molecular weight excluding hydrogens is 198 g/mol. The van der Waals surface area contributed by atoms with E-state index in [-0.39, 0.29) is 5.41 Å². The predicted octanol–water partition coefficient (Wildman–Crippen LogP) is 3.04. The van der Waals surface area contributed by atoms with Crippen LogP contribution in [0.2, 0.25) is 0 Å². The second-order valence-corrected chi connectivity index (χ2v) is 5.75. The molecule has 1 rings (SSSR count). The van der Waals surface area contributed by atoms with Crippen LogP contribution in [0.4, 0.5) is 0 Å². The minimum atomic E-state index is 0.126. The third-order valence-corrected chi connectivity index (χ3v) is 2.92. The zero-order valence-electron chi connectivity index (χ0n) is 11.6. The van der Waals surface area contributed by atoms with E-state index in [1.54, 1.807) is 0 Å². The fourth-order valence-electron chi connectivity index (χ4n) is 2.02. The molecule has 16 heavy (non-hydrogen) atoms. The Balaban J connectivity index is 3.31. The number of hydrogen-bond donors (Lipinski definition) is 1. The lowest BCUT2D eigenvalue weighted by Gasteiger charge is -2.26. The zero-order chi connectivity index (χ0) is 12.5. The fraction of sp³-hybridized carbons (Fsp3) is 0.769. The van der Waals surface area contributed by atoms with E-state index >= 15 is 0 Å². The molecule has 0 aromatic carbocycles. The van der Waals surface area contributed by atoms with Gasteiger partial charge >= 0.3 is 0 Å². The first-order valence-corrected chi connectivity index (χ1v) is 6.04. The lowest BCUT2D eigenvalue weighted by atomic mass is 9.87. The van der Waals surface area contributed by atoms with Crippen molar-refractivity contribution in [3.8, 4) is 0 Å². The topological polar surface area (TPSA) is 29.9 Å². The number of nitrogens with zero attached hydrogens (tertiary/aromatic N) is 2. The highest BCUT2D eigenvalue weighted by Gasteiger charge is 2.26. The maximum Gasteiger partial charge on any atom is 0.0540 e. The Hall–Kier alpha value is -0.830. The first-order valence-electron chi connectivity index (χ1n) is 6.04. The lowest BCUT2D eigenvalue weighted by molar-refractivity contribution is 0.439. The van der Waals surface area contributed by atoms with Crippen LogP contribution in [0.5, 0.6) is 0 Å². The number of rotatable bonds is 3. The van der Waals surface area contributed by atoms with Gasteiger partial charge in [0.05, 0.1) is 6.20 Å². The summed E-state index contributed by atoms with van der Waals surface area (Å²) < 4.78 is 2.14. The van der Waals surface area contributed by atoms with Crippen molar-refractivity contribution in [3.63, 3.8) is 0 Å². The zero-order valence-corrected chi connectivity index (χ0v) is 11.6. The Labute approximate surface area is 99.2 Å². The van der Waals surface area contributed by atoms with Crippen molar-refractivity contribution in [2.75, 3.05) is 7.05 Å². The molecule has 0 bridgehead atoms. The summed E-state index contributed by atoms with van der Waals surface area (Å²) in [6.45, 7) is 13.3. The fourth-order valence-corrected chi connectivity index (χ4v) is 2.02. The van der Waals surface area contributed by atoms with Crippen LogP contribution >= 0.6 is 0 Å². The normalized spacial score (nSPS) is 14.5. The molecule has 1 unspecified atom stereocenters. The van der Waals surface area contributed by atoms with Gasteiger partial charge in [-0.05, 0) is 27.8 Å². The summed E-state index contributed by atoms with van der Waals surface area (Å²) in [5.41, 5.74) is 2.77. The lowest BCUT2D eigenvalue weighted by Crippen LogP contribution is -2.24. The summed E-state index contributed by atoms with van der Waals surface area (Å²) >= 11 is 0. The molecule has 1 heterocycles. The Bertz CT molecular complexity index is 345. The first-order chi connectivity index (χ1) is 7.29. The summed E-state index contributed by atoms with van der Waals surface area (Å²) in [5, 5.41) is 7.82. The minimum absolute atomic E-state index is 0.126. The van der Waals surface area contributed by atoms with Gasteiger partial charge in [-0.15, -0.1) is 0 Å². The van der Waals surface area contributed by atoms with Gasteiger partial charge in [-0.1, -0.05) is 20.8 Å². The highest BCUT2D eigenvalue weighted by Crippen LogP contribution is 2.31. The van der Waals surface area contributed by atoms with Crippen molar-refractivity contribution in [1.82, 2.24) is 15.1 Å². The molecule has 92 valence electrons. The second-order valence-electron chi connectivity index (χ2n) is 5.75. The third-order valence-electron chi connectivity index (χ3n) is 2.92. The summed E-state index contributed by atoms with van der Waals surface area (Å²) in [6.07, 6.45) is 2.00. The van der Waals surface area contributed by atoms with Crippen LogP contribution in [0, 0.1) is 0 Å². The average molecular weight is 223 g/mol. The van der Waals surface area contributed by atoms with Gasteiger partial charge in [0.1, 0.15) is 0 Å². The van der Waals surface area contributed by atoms with Crippen LogP contribution in [0.25, 0.3) is 0 Å². The van der Waals surface area contributed by atoms with Gasteiger partial charge in [0.25, 0.3) is 0 Å². The molecule has 1 aromatic rings. The van der Waals surface area contributed by atoms with Gasteiger partial charge in [-0.2, -0.15) is 5.10 Å². The van der Waals surface area contributed by atoms with E-state index in [4.69, 9.17) is 0 Å². The van der Waals surface area contributed by atoms with Crippen LogP contribution in [0.15, 0.2) is 6.20 Å². The van der Waals surface area contributed by atoms with Gasteiger partial charge in [-0.3, -0.25) is 4.68 Å². The van der Waals surface area contributed by atoms with E-state index in [0.717, 1.165) is 0 Å². The van der Waals surface area contributed by atoms with Crippen molar-refractivity contribution >= 4 is 0 Å². The van der Waals surface area contributed by atoms with Crippen LogP contribution in [0.3, 0.4) is 0 Å². The number of aromatic nitrogens is 2. The SMILES string of the molecule is CNC(C)c1cnn(C(C)C)c1C(C)(C)C. The molecule has 0 saturated heterocycles. The molecule has 0 spiro atoms. The molecule has 3 heteroatoms. The molecule has 0 aliphatic carbocycles. The molecule has 3 nitrogen and oxygen atoms in total. The van der Waals surface area contributed by atoms with Crippen LogP contribution < -0.4 is 5.32 Å². The molecule has 1 N–H and O–H groups in total. The summed E-state index contributed by atoms with van der Waals surface area (Å²) in [6, 6.07) is 0.758. The van der Waals surface area contributed by atoms with Crippen LogP contribution in [-0.4, -0.2) is 16.8 Å². The van der Waals surface area contributed by atoms with Gasteiger partial charge in [0, 0.05) is 28.8 Å². The van der Waals surface area contributed by atoms with Crippen molar-refractivity contribution in [3.05, 3.63) is 17.5 Å². The molecule has 1 atom stereocenters. The van der Waals surface area contributed by atoms with E-state index in [1.165, 1.54) is 11.3 Å². The van der Waals surface area contributed by atoms with E-state index in [9.17, 15) is 0 Å². The quantitative estimate of drug-likeness (QED) is 0.853. The van der Waals surface area contributed by atoms with Crippen molar-refractivity contribution in [2.45, 2.75) is 59.0 Å². The smallest absolute Gasteiger partial charge is 0.0540 e. The Morgan fingerprint density at radius 1 is 1.25 bits per heavy atom. The van der Waals surface area contributed by atoms with Gasteiger partial charge in [0.2, 0.25) is 0 Å². The van der Waals surface area contributed by atoms with Crippen molar-refractivity contribution in [1.29, 1.82) is 0 Å². The Kier molecular flexibility index (Phi) is 3.79. The van der Waals surface area contributed by atoms with Crippen molar-refractivity contribution in [2.24, 2.45) is 0 Å². The highest BCUT2D eigenvalue weighted by molar-refractivity contribution is 5.28. The maximum atomic E-state index is 4.53. The highest BCUT2D eigenvalue weighted by atomic mass is 15.3. The number of nitrogens with one attached hydrogen (secondary N) is 1. The second kappa shape index (κ2) is 4.58. The van der Waals surface area contributed by atoms with Crippen molar-refractivity contribution < 1.29 is 0 Å². The average Bonchev–Trinajstić information content (AvgIpc) is 2.59.